The van der Waals surface area contributed by atoms with Gasteiger partial charge in [0.05, 0.1) is 6.54 Å². The molecule has 78 valence electrons. The van der Waals surface area contributed by atoms with Crippen LogP contribution in [0.15, 0.2) is 4.42 Å². The molecule has 14 heavy (non-hydrogen) atoms. The molecule has 0 saturated carbocycles. The molecule has 0 radical (unpaired) electrons. The molecule has 2 rings (SSSR count). The van der Waals surface area contributed by atoms with Crippen molar-refractivity contribution in [3.63, 3.8) is 0 Å². The molecule has 2 heterocycles. The van der Waals surface area contributed by atoms with Gasteiger partial charge in [0.2, 0.25) is 11.8 Å². The van der Waals surface area contributed by atoms with Gasteiger partial charge in [0.1, 0.15) is 6.10 Å². The summed E-state index contributed by atoms with van der Waals surface area (Å²) in [6, 6.07) is 0. The van der Waals surface area contributed by atoms with E-state index in [-0.39, 0.29) is 6.10 Å². The van der Waals surface area contributed by atoms with Gasteiger partial charge in [-0.15, -0.1) is 10.2 Å². The van der Waals surface area contributed by atoms with Crippen molar-refractivity contribution in [1.29, 1.82) is 0 Å². The maximum absolute atomic E-state index is 5.46. The van der Waals surface area contributed by atoms with Gasteiger partial charge in [-0.25, -0.2) is 0 Å². The third kappa shape index (κ3) is 2.10. The minimum atomic E-state index is 0.0258. The van der Waals surface area contributed by atoms with E-state index in [2.05, 4.69) is 15.5 Å². The molecule has 1 atom stereocenters. The number of nitrogens with one attached hydrogen (secondary N) is 1. The third-order valence-electron chi connectivity index (χ3n) is 2.21. The van der Waals surface area contributed by atoms with Crippen molar-refractivity contribution in [3.05, 3.63) is 11.8 Å². The van der Waals surface area contributed by atoms with Gasteiger partial charge in [-0.05, 0) is 19.4 Å². The molecule has 1 saturated heterocycles. The highest BCUT2D eigenvalue weighted by Crippen LogP contribution is 2.26. The summed E-state index contributed by atoms with van der Waals surface area (Å²) in [6.07, 6.45) is 2.09. The highest BCUT2D eigenvalue weighted by molar-refractivity contribution is 4.88. The van der Waals surface area contributed by atoms with E-state index in [0.29, 0.717) is 18.3 Å². The highest BCUT2D eigenvalue weighted by atomic mass is 16.5. The molecule has 1 fully saturated rings. The number of nitrogens with zero attached hydrogens (tertiary/aromatic N) is 2. The van der Waals surface area contributed by atoms with Crippen LogP contribution in [0.25, 0.3) is 0 Å². The van der Waals surface area contributed by atoms with Crippen molar-refractivity contribution in [2.75, 3.05) is 13.2 Å². The van der Waals surface area contributed by atoms with E-state index in [0.717, 1.165) is 26.0 Å². The van der Waals surface area contributed by atoms with Crippen molar-refractivity contribution in [3.8, 4) is 0 Å². The molecule has 0 aliphatic carbocycles. The van der Waals surface area contributed by atoms with Gasteiger partial charge < -0.3 is 14.5 Å². The monoisotopic (exact) mass is 197 g/mol. The minimum absolute atomic E-state index is 0.0258. The van der Waals surface area contributed by atoms with Crippen LogP contribution >= 0.6 is 0 Å². The van der Waals surface area contributed by atoms with Crippen molar-refractivity contribution in [2.24, 2.45) is 0 Å². The quantitative estimate of drug-likeness (QED) is 0.781. The smallest absolute Gasteiger partial charge is 0.245 e. The van der Waals surface area contributed by atoms with Gasteiger partial charge in [-0.1, -0.05) is 6.92 Å². The van der Waals surface area contributed by atoms with E-state index in [4.69, 9.17) is 9.15 Å². The lowest BCUT2D eigenvalue weighted by Gasteiger charge is -2.01. The van der Waals surface area contributed by atoms with Gasteiger partial charge in [-0.2, -0.15) is 0 Å². The molecule has 1 unspecified atom stereocenters. The van der Waals surface area contributed by atoms with Gasteiger partial charge >= 0.3 is 0 Å². The average molecular weight is 197 g/mol. The maximum atomic E-state index is 5.46. The van der Waals surface area contributed by atoms with Crippen LogP contribution in [0.5, 0.6) is 0 Å². The van der Waals surface area contributed by atoms with Crippen molar-refractivity contribution in [1.82, 2.24) is 15.5 Å². The zero-order valence-electron chi connectivity index (χ0n) is 8.32. The fraction of sp³-hybridized carbons (Fsp3) is 0.778. The zero-order chi connectivity index (χ0) is 9.80. The molecule has 0 aromatic carbocycles. The van der Waals surface area contributed by atoms with E-state index in [1.54, 1.807) is 0 Å². The summed E-state index contributed by atoms with van der Waals surface area (Å²) in [5.41, 5.74) is 0. The van der Waals surface area contributed by atoms with Crippen LogP contribution in [0.1, 0.15) is 37.7 Å². The zero-order valence-corrected chi connectivity index (χ0v) is 8.32. The summed E-state index contributed by atoms with van der Waals surface area (Å²) in [5.74, 6) is 1.26. The van der Waals surface area contributed by atoms with E-state index in [9.17, 15) is 0 Å². The van der Waals surface area contributed by atoms with E-state index >= 15 is 0 Å². The Morgan fingerprint density at radius 2 is 2.43 bits per heavy atom. The third-order valence-corrected chi connectivity index (χ3v) is 2.21. The van der Waals surface area contributed by atoms with Crippen LogP contribution in [-0.2, 0) is 11.3 Å². The Morgan fingerprint density at radius 1 is 1.50 bits per heavy atom. The summed E-state index contributed by atoms with van der Waals surface area (Å²) in [4.78, 5) is 0. The van der Waals surface area contributed by atoms with Crippen LogP contribution in [0.4, 0.5) is 0 Å². The van der Waals surface area contributed by atoms with Crippen molar-refractivity contribution >= 4 is 0 Å². The maximum Gasteiger partial charge on any atom is 0.245 e. The molecule has 1 N–H and O–H groups in total. The first-order valence-electron chi connectivity index (χ1n) is 5.04. The van der Waals surface area contributed by atoms with Crippen molar-refractivity contribution in [2.45, 2.75) is 32.4 Å². The second kappa shape index (κ2) is 4.52. The lowest BCUT2D eigenvalue weighted by molar-refractivity contribution is 0.0880. The Hall–Kier alpha value is -0.940. The lowest BCUT2D eigenvalue weighted by Crippen LogP contribution is -2.11. The first-order valence-corrected chi connectivity index (χ1v) is 5.04. The van der Waals surface area contributed by atoms with E-state index in [1.165, 1.54) is 0 Å². The standard InChI is InChI=1S/C9H15N3O2/c1-2-10-6-8-11-12-9(14-8)7-4-3-5-13-7/h7,10H,2-6H2,1H3. The average Bonchev–Trinajstić information content (AvgIpc) is 2.85. The van der Waals surface area contributed by atoms with Gasteiger partial charge in [0.25, 0.3) is 0 Å². The van der Waals surface area contributed by atoms with E-state index in [1.807, 2.05) is 6.92 Å². The Bertz CT molecular complexity index is 281. The molecule has 0 spiro atoms. The second-order valence-corrected chi connectivity index (χ2v) is 3.32. The Balaban J connectivity index is 1.94. The molecule has 0 bridgehead atoms. The van der Waals surface area contributed by atoms with Crippen LogP contribution < -0.4 is 5.32 Å². The molecule has 5 heteroatoms. The number of rotatable bonds is 4. The number of hydrogen-bond acceptors (Lipinski definition) is 5. The van der Waals surface area contributed by atoms with Crippen LogP contribution in [0.3, 0.4) is 0 Å². The summed E-state index contributed by atoms with van der Waals surface area (Å²) < 4.78 is 10.9. The van der Waals surface area contributed by atoms with Crippen LogP contribution in [-0.4, -0.2) is 23.3 Å². The first kappa shape index (κ1) is 9.61. The summed E-state index contributed by atoms with van der Waals surface area (Å²) in [5, 5.41) is 11.0. The highest BCUT2D eigenvalue weighted by Gasteiger charge is 2.23. The first-order chi connectivity index (χ1) is 6.90. The van der Waals surface area contributed by atoms with Crippen LogP contribution in [0.2, 0.25) is 0 Å². The Labute approximate surface area is 82.8 Å². The van der Waals surface area contributed by atoms with Gasteiger partial charge in [0.15, 0.2) is 0 Å². The predicted molar refractivity (Wildman–Crippen MR) is 49.6 cm³/mol. The molecule has 1 aromatic rings. The topological polar surface area (TPSA) is 60.2 Å². The molecular weight excluding hydrogens is 182 g/mol. The lowest BCUT2D eigenvalue weighted by atomic mass is 10.2. The van der Waals surface area contributed by atoms with Gasteiger partial charge in [-0.3, -0.25) is 0 Å². The summed E-state index contributed by atoms with van der Waals surface area (Å²) in [7, 11) is 0. The fourth-order valence-corrected chi connectivity index (χ4v) is 1.47. The number of ether oxygens (including phenoxy) is 1. The second-order valence-electron chi connectivity index (χ2n) is 3.32. The van der Waals surface area contributed by atoms with Gasteiger partial charge in [0, 0.05) is 6.61 Å². The van der Waals surface area contributed by atoms with E-state index < -0.39 is 0 Å². The molecule has 1 aromatic heterocycles. The minimum Gasteiger partial charge on any atom is -0.421 e. The molecule has 0 amide bonds. The Kier molecular flexibility index (Phi) is 3.10. The number of hydrogen-bond donors (Lipinski definition) is 1. The normalized spacial score (nSPS) is 21.6. The summed E-state index contributed by atoms with van der Waals surface area (Å²) >= 11 is 0. The number of aromatic nitrogens is 2. The molecule has 1 aliphatic rings. The summed E-state index contributed by atoms with van der Waals surface area (Å²) in [6.45, 7) is 4.38. The largest absolute Gasteiger partial charge is 0.421 e. The SMILES string of the molecule is CCNCc1nnc(C2CCCO2)o1. The predicted octanol–water partition coefficient (Wildman–Crippen LogP) is 1.03. The van der Waals surface area contributed by atoms with Crippen LogP contribution in [0, 0.1) is 0 Å². The molecule has 1 aliphatic heterocycles. The fourth-order valence-electron chi connectivity index (χ4n) is 1.47. The molecular formula is C9H15N3O2. The van der Waals surface area contributed by atoms with Crippen molar-refractivity contribution < 1.29 is 9.15 Å². The molecule has 5 nitrogen and oxygen atoms in total. The Morgan fingerprint density at radius 3 is 3.14 bits per heavy atom.